The molecule has 0 radical (unpaired) electrons. The number of hydrogen-bond acceptors (Lipinski definition) is 3. The maximum Gasteiger partial charge on any atom is 0.135 e. The van der Waals surface area contributed by atoms with E-state index in [0.717, 1.165) is 36.5 Å². The second-order valence-corrected chi connectivity index (χ2v) is 5.26. The van der Waals surface area contributed by atoms with Crippen molar-refractivity contribution in [3.05, 3.63) is 52.2 Å². The third-order valence-corrected chi connectivity index (χ3v) is 3.41. The average Bonchev–Trinajstić information content (AvgIpc) is 2.42. The fourth-order valence-electron chi connectivity index (χ4n) is 2.12. The van der Waals surface area contributed by atoms with E-state index in [1.54, 1.807) is 6.07 Å². The number of hydrogen-bond donors (Lipinski definition) is 1. The summed E-state index contributed by atoms with van der Waals surface area (Å²) in [5, 5.41) is 3.62. The van der Waals surface area contributed by atoms with E-state index in [-0.39, 0.29) is 5.82 Å². The Morgan fingerprint density at radius 3 is 2.67 bits per heavy atom. The number of rotatable bonds is 6. The van der Waals surface area contributed by atoms with E-state index in [1.807, 2.05) is 13.0 Å². The molecule has 3 nitrogen and oxygen atoms in total. The van der Waals surface area contributed by atoms with Crippen LogP contribution in [0.4, 0.5) is 10.2 Å². The standard InChI is InChI=1S/C16H19ClFN3/c1-3-5-13-10-15(19-4-2)21-16(20-13)8-11-6-7-12(18)9-14(11)17/h6-7,9-10H,3-5,8H2,1-2H3,(H,19,20,21). The molecule has 5 heteroatoms. The smallest absolute Gasteiger partial charge is 0.135 e. The molecule has 2 aromatic rings. The minimum Gasteiger partial charge on any atom is -0.370 e. The van der Waals surface area contributed by atoms with Crippen molar-refractivity contribution in [1.29, 1.82) is 0 Å². The molecular formula is C16H19ClFN3. The molecule has 0 aliphatic carbocycles. The maximum atomic E-state index is 13.1. The lowest BCUT2D eigenvalue weighted by Crippen LogP contribution is -2.07. The maximum absolute atomic E-state index is 13.1. The van der Waals surface area contributed by atoms with E-state index in [4.69, 9.17) is 11.6 Å². The first kappa shape index (κ1) is 15.7. The van der Waals surface area contributed by atoms with E-state index in [2.05, 4.69) is 22.2 Å². The van der Waals surface area contributed by atoms with Gasteiger partial charge in [-0.2, -0.15) is 0 Å². The molecule has 0 amide bonds. The molecule has 0 saturated carbocycles. The number of aromatic nitrogens is 2. The van der Waals surface area contributed by atoms with Crippen molar-refractivity contribution in [3.63, 3.8) is 0 Å². The van der Waals surface area contributed by atoms with E-state index < -0.39 is 0 Å². The molecule has 1 heterocycles. The van der Waals surface area contributed by atoms with Gasteiger partial charge in [0.05, 0.1) is 0 Å². The molecule has 1 aromatic heterocycles. The Labute approximate surface area is 129 Å². The van der Waals surface area contributed by atoms with Crippen LogP contribution < -0.4 is 5.32 Å². The number of anilines is 1. The van der Waals surface area contributed by atoms with Crippen LogP contribution >= 0.6 is 11.6 Å². The molecule has 0 aliphatic heterocycles. The summed E-state index contributed by atoms with van der Waals surface area (Å²) in [6.45, 7) is 4.95. The molecule has 0 spiro atoms. The summed E-state index contributed by atoms with van der Waals surface area (Å²) >= 11 is 6.07. The van der Waals surface area contributed by atoms with Crippen molar-refractivity contribution >= 4 is 17.4 Å². The van der Waals surface area contributed by atoms with Gasteiger partial charge < -0.3 is 5.32 Å². The predicted molar refractivity (Wildman–Crippen MR) is 84.4 cm³/mol. The van der Waals surface area contributed by atoms with Gasteiger partial charge in [-0.3, -0.25) is 0 Å². The van der Waals surface area contributed by atoms with Gasteiger partial charge in [-0.05, 0) is 31.0 Å². The lowest BCUT2D eigenvalue weighted by Gasteiger charge is -2.09. The van der Waals surface area contributed by atoms with Crippen molar-refractivity contribution in [2.24, 2.45) is 0 Å². The second-order valence-electron chi connectivity index (χ2n) is 4.85. The lowest BCUT2D eigenvalue weighted by molar-refractivity contribution is 0.627. The molecule has 21 heavy (non-hydrogen) atoms. The first-order valence-electron chi connectivity index (χ1n) is 7.17. The van der Waals surface area contributed by atoms with Crippen LogP contribution in [0.1, 0.15) is 37.4 Å². The highest BCUT2D eigenvalue weighted by Crippen LogP contribution is 2.20. The molecule has 0 fully saturated rings. The number of benzene rings is 1. The first-order valence-corrected chi connectivity index (χ1v) is 7.54. The molecule has 2 rings (SSSR count). The molecule has 0 aliphatic rings. The minimum atomic E-state index is -0.335. The van der Waals surface area contributed by atoms with Crippen molar-refractivity contribution < 1.29 is 4.39 Å². The Morgan fingerprint density at radius 2 is 2.00 bits per heavy atom. The summed E-state index contributed by atoms with van der Waals surface area (Å²) < 4.78 is 13.1. The van der Waals surface area contributed by atoms with Gasteiger partial charge in [0.25, 0.3) is 0 Å². The topological polar surface area (TPSA) is 37.8 Å². The normalized spacial score (nSPS) is 10.7. The van der Waals surface area contributed by atoms with E-state index >= 15 is 0 Å². The molecule has 0 unspecified atom stereocenters. The number of nitrogens with zero attached hydrogens (tertiary/aromatic N) is 2. The second kappa shape index (κ2) is 7.36. The summed E-state index contributed by atoms with van der Waals surface area (Å²) in [5.41, 5.74) is 1.84. The summed E-state index contributed by atoms with van der Waals surface area (Å²) in [4.78, 5) is 9.05. The van der Waals surface area contributed by atoms with Crippen molar-refractivity contribution in [3.8, 4) is 0 Å². The van der Waals surface area contributed by atoms with Crippen LogP contribution in [0.3, 0.4) is 0 Å². The Morgan fingerprint density at radius 1 is 1.19 bits per heavy atom. The lowest BCUT2D eigenvalue weighted by atomic mass is 10.1. The zero-order chi connectivity index (χ0) is 15.2. The van der Waals surface area contributed by atoms with Crippen LogP contribution in [-0.2, 0) is 12.8 Å². The summed E-state index contributed by atoms with van der Waals surface area (Å²) in [6, 6.07) is 6.38. The zero-order valence-electron chi connectivity index (χ0n) is 12.3. The minimum absolute atomic E-state index is 0.335. The summed E-state index contributed by atoms with van der Waals surface area (Å²) in [6.07, 6.45) is 2.43. The van der Waals surface area contributed by atoms with Gasteiger partial charge in [0, 0.05) is 29.7 Å². The van der Waals surface area contributed by atoms with Gasteiger partial charge >= 0.3 is 0 Å². The predicted octanol–water partition coefficient (Wildman–Crippen LogP) is 4.24. The van der Waals surface area contributed by atoms with Gasteiger partial charge in [0.1, 0.15) is 17.5 Å². The highest BCUT2D eigenvalue weighted by atomic mass is 35.5. The van der Waals surface area contributed by atoms with E-state index in [9.17, 15) is 4.39 Å². The summed E-state index contributed by atoms with van der Waals surface area (Å²) in [7, 11) is 0. The number of halogens is 2. The van der Waals surface area contributed by atoms with Gasteiger partial charge in [-0.1, -0.05) is 31.0 Å². The molecule has 1 N–H and O–H groups in total. The molecule has 112 valence electrons. The number of nitrogens with one attached hydrogen (secondary N) is 1. The molecular weight excluding hydrogens is 289 g/mol. The average molecular weight is 308 g/mol. The fraction of sp³-hybridized carbons (Fsp3) is 0.375. The van der Waals surface area contributed by atoms with Crippen molar-refractivity contribution in [1.82, 2.24) is 9.97 Å². The Bertz CT molecular complexity index is 592. The Kier molecular flexibility index (Phi) is 5.51. The van der Waals surface area contributed by atoms with Gasteiger partial charge in [0.15, 0.2) is 0 Å². The molecule has 1 aromatic carbocycles. The van der Waals surface area contributed by atoms with Crippen LogP contribution in [-0.4, -0.2) is 16.5 Å². The van der Waals surface area contributed by atoms with Crippen molar-refractivity contribution in [2.45, 2.75) is 33.1 Å². The largest absolute Gasteiger partial charge is 0.370 e. The summed E-state index contributed by atoms with van der Waals surface area (Å²) in [5.74, 6) is 1.19. The third kappa shape index (κ3) is 4.39. The highest BCUT2D eigenvalue weighted by molar-refractivity contribution is 6.31. The van der Waals surface area contributed by atoms with Crippen LogP contribution in [0.25, 0.3) is 0 Å². The zero-order valence-corrected chi connectivity index (χ0v) is 13.0. The van der Waals surface area contributed by atoms with Crippen LogP contribution in [0.2, 0.25) is 5.02 Å². The molecule has 0 atom stereocenters. The quantitative estimate of drug-likeness (QED) is 0.867. The molecule has 0 saturated heterocycles. The highest BCUT2D eigenvalue weighted by Gasteiger charge is 2.08. The van der Waals surface area contributed by atoms with Crippen molar-refractivity contribution in [2.75, 3.05) is 11.9 Å². The first-order chi connectivity index (χ1) is 10.1. The van der Waals surface area contributed by atoms with Gasteiger partial charge in [0.2, 0.25) is 0 Å². The SMILES string of the molecule is CCCc1cc(NCC)nc(Cc2ccc(F)cc2Cl)n1. The molecule has 0 bridgehead atoms. The van der Waals surface area contributed by atoms with Gasteiger partial charge in [-0.25, -0.2) is 14.4 Å². The Balaban J connectivity index is 2.29. The van der Waals surface area contributed by atoms with Crippen LogP contribution in [0, 0.1) is 5.82 Å². The van der Waals surface area contributed by atoms with E-state index in [0.29, 0.717) is 17.3 Å². The van der Waals surface area contributed by atoms with Gasteiger partial charge in [-0.15, -0.1) is 0 Å². The fourth-order valence-corrected chi connectivity index (χ4v) is 2.36. The van der Waals surface area contributed by atoms with Crippen LogP contribution in [0.5, 0.6) is 0 Å². The van der Waals surface area contributed by atoms with E-state index in [1.165, 1.54) is 12.1 Å². The number of aryl methyl sites for hydroxylation is 1. The Hall–Kier alpha value is -1.68. The monoisotopic (exact) mass is 307 g/mol. The van der Waals surface area contributed by atoms with Crippen LogP contribution in [0.15, 0.2) is 24.3 Å². The third-order valence-electron chi connectivity index (χ3n) is 3.05.